The third-order valence-electron chi connectivity index (χ3n) is 4.33. The van der Waals surface area contributed by atoms with Gasteiger partial charge in [0, 0.05) is 32.8 Å². The minimum absolute atomic E-state index is 0.00911. The Morgan fingerprint density at radius 2 is 1.95 bits per heavy atom. The van der Waals surface area contributed by atoms with Gasteiger partial charge in [-0.1, -0.05) is 18.2 Å². The van der Waals surface area contributed by atoms with Crippen molar-refractivity contribution in [2.45, 2.75) is 18.6 Å². The molecule has 0 N–H and O–H groups in total. The van der Waals surface area contributed by atoms with Crippen LogP contribution in [0.5, 0.6) is 0 Å². The number of rotatable bonds is 2. The Kier molecular flexibility index (Phi) is 3.68. The fraction of sp³-hybridized carbons (Fsp3) is 0.500. The van der Waals surface area contributed by atoms with Gasteiger partial charge in [0.05, 0.1) is 18.1 Å². The Hall–Kier alpha value is -1.88. The van der Waals surface area contributed by atoms with Crippen molar-refractivity contribution >= 4 is 11.8 Å². The van der Waals surface area contributed by atoms with Crippen LogP contribution in [0, 0.1) is 5.92 Å². The number of benzene rings is 1. The zero-order valence-electron chi connectivity index (χ0n) is 12.4. The van der Waals surface area contributed by atoms with Gasteiger partial charge < -0.3 is 14.5 Å². The molecule has 3 rings (SSSR count). The Morgan fingerprint density at radius 1 is 1.24 bits per heavy atom. The summed E-state index contributed by atoms with van der Waals surface area (Å²) in [5.74, 6) is -0.222. The number of ether oxygens (including phenoxy) is 1. The van der Waals surface area contributed by atoms with Crippen molar-refractivity contribution in [1.82, 2.24) is 9.80 Å². The van der Waals surface area contributed by atoms with E-state index in [1.54, 1.807) is 19.0 Å². The number of hydrogen-bond donors (Lipinski definition) is 0. The Labute approximate surface area is 124 Å². The van der Waals surface area contributed by atoms with Gasteiger partial charge in [-0.25, -0.2) is 0 Å². The van der Waals surface area contributed by atoms with Gasteiger partial charge in [-0.3, -0.25) is 9.59 Å². The number of likely N-dealkylation sites (tertiary alicyclic amines) is 1. The van der Waals surface area contributed by atoms with Gasteiger partial charge >= 0.3 is 0 Å². The van der Waals surface area contributed by atoms with E-state index in [4.69, 9.17) is 4.74 Å². The molecule has 21 heavy (non-hydrogen) atoms. The summed E-state index contributed by atoms with van der Waals surface area (Å²) in [6, 6.07) is 9.25. The lowest BCUT2D eigenvalue weighted by Crippen LogP contribution is -2.37. The highest BCUT2D eigenvalue weighted by Gasteiger charge is 2.50. The van der Waals surface area contributed by atoms with Crippen LogP contribution >= 0.6 is 0 Å². The molecule has 1 aromatic rings. The van der Waals surface area contributed by atoms with Crippen LogP contribution in [0.25, 0.3) is 0 Å². The first-order chi connectivity index (χ1) is 10.1. The second-order valence-corrected chi connectivity index (χ2v) is 5.85. The first-order valence-corrected chi connectivity index (χ1v) is 7.28. The topological polar surface area (TPSA) is 49.9 Å². The first-order valence-electron chi connectivity index (χ1n) is 7.28. The number of nitrogens with zero attached hydrogens (tertiary/aromatic N) is 2. The van der Waals surface area contributed by atoms with Crippen molar-refractivity contribution in [3.8, 4) is 0 Å². The maximum absolute atomic E-state index is 12.7. The third-order valence-corrected chi connectivity index (χ3v) is 4.33. The van der Waals surface area contributed by atoms with Crippen molar-refractivity contribution in [2.75, 3.05) is 27.2 Å². The molecule has 5 nitrogen and oxygen atoms in total. The smallest absolute Gasteiger partial charge is 0.254 e. The van der Waals surface area contributed by atoms with E-state index in [0.717, 1.165) is 6.42 Å². The molecule has 0 aliphatic carbocycles. The number of fused-ring (bicyclic) bond motifs is 1. The molecule has 1 aromatic carbocycles. The van der Waals surface area contributed by atoms with Crippen LogP contribution in [0.1, 0.15) is 16.8 Å². The van der Waals surface area contributed by atoms with Crippen LogP contribution in [0.2, 0.25) is 0 Å². The molecular formula is C16H20N2O3. The molecule has 2 heterocycles. The third kappa shape index (κ3) is 2.42. The molecule has 112 valence electrons. The average Bonchev–Trinajstić information content (AvgIpc) is 3.08. The summed E-state index contributed by atoms with van der Waals surface area (Å²) < 4.78 is 5.74. The van der Waals surface area contributed by atoms with Gasteiger partial charge in [-0.05, 0) is 18.6 Å². The summed E-state index contributed by atoms with van der Waals surface area (Å²) in [6.45, 7) is 1.06. The van der Waals surface area contributed by atoms with Crippen molar-refractivity contribution in [2.24, 2.45) is 5.92 Å². The van der Waals surface area contributed by atoms with Crippen LogP contribution in [0.3, 0.4) is 0 Å². The summed E-state index contributed by atoms with van der Waals surface area (Å²) in [4.78, 5) is 28.4. The fourth-order valence-electron chi connectivity index (χ4n) is 3.30. The Morgan fingerprint density at radius 3 is 2.62 bits per heavy atom. The van der Waals surface area contributed by atoms with Crippen LogP contribution in [-0.4, -0.2) is 61.0 Å². The summed E-state index contributed by atoms with van der Waals surface area (Å²) in [5, 5.41) is 0. The maximum atomic E-state index is 12.7. The van der Waals surface area contributed by atoms with E-state index in [9.17, 15) is 9.59 Å². The SMILES string of the molecule is CN(C)C(=O)[C@H]1CN(C(=O)c2ccccc2)[C@H]2CCO[C@H]12. The van der Waals surface area contributed by atoms with Gasteiger partial charge in [0.25, 0.3) is 5.91 Å². The van der Waals surface area contributed by atoms with Crippen LogP contribution in [0.15, 0.2) is 30.3 Å². The summed E-state index contributed by atoms with van der Waals surface area (Å²) in [7, 11) is 3.49. The molecule has 0 spiro atoms. The lowest BCUT2D eigenvalue weighted by atomic mass is 10.0. The highest BCUT2D eigenvalue weighted by Crippen LogP contribution is 2.35. The quantitative estimate of drug-likeness (QED) is 0.816. The average molecular weight is 288 g/mol. The van der Waals surface area contributed by atoms with E-state index in [0.29, 0.717) is 18.7 Å². The van der Waals surface area contributed by atoms with E-state index in [1.807, 2.05) is 35.2 Å². The number of hydrogen-bond acceptors (Lipinski definition) is 3. The molecule has 5 heteroatoms. The lowest BCUT2D eigenvalue weighted by molar-refractivity contribution is -0.135. The molecule has 0 saturated carbocycles. The zero-order chi connectivity index (χ0) is 15.0. The molecular weight excluding hydrogens is 268 g/mol. The molecule has 2 amide bonds. The number of carbonyl (C=O) groups is 2. The van der Waals surface area contributed by atoms with Gasteiger partial charge in [0.1, 0.15) is 0 Å². The van der Waals surface area contributed by atoms with E-state index < -0.39 is 0 Å². The van der Waals surface area contributed by atoms with E-state index in [-0.39, 0.29) is 29.9 Å². The maximum Gasteiger partial charge on any atom is 0.254 e. The Bertz CT molecular complexity index is 544. The molecule has 2 fully saturated rings. The standard InChI is InChI=1S/C16H20N2O3/c1-17(2)16(20)12-10-18(13-8-9-21-14(12)13)15(19)11-6-4-3-5-7-11/h3-7,12-14H,8-10H2,1-2H3/t12-,13-,14+/m0/s1. The monoisotopic (exact) mass is 288 g/mol. The van der Waals surface area contributed by atoms with Gasteiger partial charge in [-0.15, -0.1) is 0 Å². The zero-order valence-corrected chi connectivity index (χ0v) is 12.4. The predicted octanol–water partition coefficient (Wildman–Crippen LogP) is 1.00. The van der Waals surface area contributed by atoms with Crippen LogP contribution in [0.4, 0.5) is 0 Å². The Balaban J connectivity index is 1.84. The fourth-order valence-corrected chi connectivity index (χ4v) is 3.30. The minimum atomic E-state index is -0.250. The van der Waals surface area contributed by atoms with Gasteiger partial charge in [-0.2, -0.15) is 0 Å². The molecule has 2 aliphatic heterocycles. The number of amides is 2. The van der Waals surface area contributed by atoms with Gasteiger partial charge in [0.2, 0.25) is 5.91 Å². The second-order valence-electron chi connectivity index (χ2n) is 5.85. The first kappa shape index (κ1) is 14.1. The van der Waals surface area contributed by atoms with E-state index in [1.165, 1.54) is 0 Å². The van der Waals surface area contributed by atoms with Crippen molar-refractivity contribution in [3.05, 3.63) is 35.9 Å². The molecule has 0 aromatic heterocycles. The lowest BCUT2D eigenvalue weighted by Gasteiger charge is -2.22. The van der Waals surface area contributed by atoms with E-state index in [2.05, 4.69) is 0 Å². The van der Waals surface area contributed by atoms with Crippen molar-refractivity contribution in [1.29, 1.82) is 0 Å². The highest BCUT2D eigenvalue weighted by molar-refractivity contribution is 5.95. The van der Waals surface area contributed by atoms with Crippen LogP contribution in [-0.2, 0) is 9.53 Å². The summed E-state index contributed by atoms with van der Waals surface area (Å²) in [5.41, 5.74) is 0.668. The minimum Gasteiger partial charge on any atom is -0.375 e. The van der Waals surface area contributed by atoms with E-state index >= 15 is 0 Å². The van der Waals surface area contributed by atoms with Crippen LogP contribution < -0.4 is 0 Å². The molecule has 0 bridgehead atoms. The van der Waals surface area contributed by atoms with Gasteiger partial charge in [0.15, 0.2) is 0 Å². The second kappa shape index (κ2) is 5.48. The highest BCUT2D eigenvalue weighted by atomic mass is 16.5. The largest absolute Gasteiger partial charge is 0.375 e. The predicted molar refractivity (Wildman–Crippen MR) is 77.8 cm³/mol. The normalized spacial score (nSPS) is 27.5. The molecule has 3 atom stereocenters. The molecule has 2 saturated heterocycles. The number of carbonyl (C=O) groups excluding carboxylic acids is 2. The summed E-state index contributed by atoms with van der Waals surface area (Å²) >= 11 is 0. The summed E-state index contributed by atoms with van der Waals surface area (Å²) in [6.07, 6.45) is 0.646. The van der Waals surface area contributed by atoms with Crippen molar-refractivity contribution in [3.63, 3.8) is 0 Å². The molecule has 0 radical (unpaired) electrons. The molecule has 2 aliphatic rings. The van der Waals surface area contributed by atoms with Crippen molar-refractivity contribution < 1.29 is 14.3 Å². The molecule has 0 unspecified atom stereocenters.